The minimum Gasteiger partial charge on any atom is -0.325 e. The Morgan fingerprint density at radius 1 is 1.26 bits per heavy atom. The van der Waals surface area contributed by atoms with Gasteiger partial charge in [0.25, 0.3) is 5.56 Å². The third-order valence-corrected chi connectivity index (χ3v) is 6.46. The van der Waals surface area contributed by atoms with Crippen molar-refractivity contribution in [3.63, 3.8) is 0 Å². The van der Waals surface area contributed by atoms with Crippen LogP contribution in [0.15, 0.2) is 40.3 Å². The van der Waals surface area contributed by atoms with Gasteiger partial charge in [0.2, 0.25) is 5.91 Å². The van der Waals surface area contributed by atoms with Crippen molar-refractivity contribution in [2.45, 2.75) is 45.3 Å². The van der Waals surface area contributed by atoms with Crippen LogP contribution < -0.4 is 10.9 Å². The summed E-state index contributed by atoms with van der Waals surface area (Å²) >= 11 is 2.85. The van der Waals surface area contributed by atoms with Crippen molar-refractivity contribution in [3.05, 3.63) is 51.1 Å². The van der Waals surface area contributed by atoms with Gasteiger partial charge in [-0.15, -0.1) is 11.3 Å². The van der Waals surface area contributed by atoms with Gasteiger partial charge in [-0.25, -0.2) is 4.98 Å². The minimum atomic E-state index is -0.110. The van der Waals surface area contributed by atoms with E-state index in [-0.39, 0.29) is 17.2 Å². The molecule has 1 aromatic carbocycles. The number of aromatic nitrogens is 2. The smallest absolute Gasteiger partial charge is 0.263 e. The molecule has 1 amide bonds. The zero-order valence-electron chi connectivity index (χ0n) is 15.7. The lowest BCUT2D eigenvalue weighted by molar-refractivity contribution is -0.113. The summed E-state index contributed by atoms with van der Waals surface area (Å²) < 4.78 is 1.73. The number of aryl methyl sites for hydroxylation is 2. The highest BCUT2D eigenvalue weighted by Gasteiger charge is 2.17. The van der Waals surface area contributed by atoms with Crippen LogP contribution in [0.4, 0.5) is 5.69 Å². The monoisotopic (exact) mass is 401 g/mol. The van der Waals surface area contributed by atoms with E-state index in [0.717, 1.165) is 33.8 Å². The third kappa shape index (κ3) is 4.42. The number of thioether (sulfide) groups is 1. The molecule has 0 aliphatic carbocycles. The average Bonchev–Trinajstić information content (AvgIpc) is 2.94. The maximum atomic E-state index is 13.0. The molecule has 3 aromatic rings. The number of nitrogens with zero attached hydrogens (tertiary/aromatic N) is 2. The summed E-state index contributed by atoms with van der Waals surface area (Å²) in [6, 6.07) is 9.35. The SMILES string of the molecule is CCCCn1c(SCC(=O)Nc2ccccc2)nc2sc(C)c(C)c2c1=O. The number of nitrogens with one attached hydrogen (secondary N) is 1. The maximum absolute atomic E-state index is 13.0. The van der Waals surface area contributed by atoms with Gasteiger partial charge in [-0.2, -0.15) is 0 Å². The first-order valence-corrected chi connectivity index (χ1v) is 10.8. The van der Waals surface area contributed by atoms with E-state index >= 15 is 0 Å². The Labute approximate surface area is 166 Å². The highest BCUT2D eigenvalue weighted by atomic mass is 32.2. The quantitative estimate of drug-likeness (QED) is 0.464. The third-order valence-electron chi connectivity index (χ3n) is 4.38. The molecule has 0 radical (unpaired) electrons. The van der Waals surface area contributed by atoms with Crippen LogP contribution in [0.3, 0.4) is 0 Å². The Hall–Kier alpha value is -2.12. The molecule has 1 N–H and O–H groups in total. The second kappa shape index (κ2) is 8.71. The molecule has 5 nitrogen and oxygen atoms in total. The van der Waals surface area contributed by atoms with Gasteiger partial charge in [-0.3, -0.25) is 14.2 Å². The normalized spacial score (nSPS) is 11.1. The lowest BCUT2D eigenvalue weighted by Gasteiger charge is -2.12. The average molecular weight is 402 g/mol. The zero-order valence-corrected chi connectivity index (χ0v) is 17.4. The fourth-order valence-electron chi connectivity index (χ4n) is 2.78. The van der Waals surface area contributed by atoms with E-state index < -0.39 is 0 Å². The van der Waals surface area contributed by atoms with Gasteiger partial charge >= 0.3 is 0 Å². The molecule has 27 heavy (non-hydrogen) atoms. The molecule has 2 aromatic heterocycles. The molecular formula is C20H23N3O2S2. The van der Waals surface area contributed by atoms with E-state index in [9.17, 15) is 9.59 Å². The molecule has 0 spiro atoms. The van der Waals surface area contributed by atoms with E-state index in [1.54, 1.807) is 4.57 Å². The van der Waals surface area contributed by atoms with E-state index in [2.05, 4.69) is 12.2 Å². The Balaban J connectivity index is 1.86. The summed E-state index contributed by atoms with van der Waals surface area (Å²) in [4.78, 5) is 31.9. The molecule has 0 aliphatic heterocycles. The van der Waals surface area contributed by atoms with Gasteiger partial charge in [0.1, 0.15) is 4.83 Å². The minimum absolute atomic E-state index is 0.00117. The first kappa shape index (κ1) is 19.6. The van der Waals surface area contributed by atoms with Crippen LogP contribution in [0.25, 0.3) is 10.2 Å². The van der Waals surface area contributed by atoms with Gasteiger partial charge in [0.05, 0.1) is 11.1 Å². The van der Waals surface area contributed by atoms with Crippen molar-refractivity contribution < 1.29 is 4.79 Å². The van der Waals surface area contributed by atoms with E-state index in [1.165, 1.54) is 23.1 Å². The molecule has 0 saturated heterocycles. The number of carbonyl (C=O) groups excluding carboxylic acids is 1. The first-order chi connectivity index (χ1) is 13.0. The molecule has 0 bridgehead atoms. The fourth-order valence-corrected chi connectivity index (χ4v) is 4.68. The predicted molar refractivity (Wildman–Crippen MR) is 114 cm³/mol. The lowest BCUT2D eigenvalue weighted by atomic mass is 10.2. The standard InChI is InChI=1S/C20H23N3O2S2/c1-4-5-11-23-19(25)17-13(2)14(3)27-18(17)22-20(23)26-12-16(24)21-15-9-7-6-8-10-15/h6-10H,4-5,11-12H2,1-3H3,(H,21,24). The summed E-state index contributed by atoms with van der Waals surface area (Å²) in [5.74, 6) is 0.101. The van der Waals surface area contributed by atoms with Crippen LogP contribution in [0.2, 0.25) is 0 Å². The Morgan fingerprint density at radius 3 is 2.70 bits per heavy atom. The summed E-state index contributed by atoms with van der Waals surface area (Å²) in [7, 11) is 0. The summed E-state index contributed by atoms with van der Waals surface area (Å²) in [6.07, 6.45) is 1.89. The van der Waals surface area contributed by atoms with Gasteiger partial charge in [0, 0.05) is 17.1 Å². The van der Waals surface area contributed by atoms with Crippen molar-refractivity contribution in [2.75, 3.05) is 11.1 Å². The predicted octanol–water partition coefficient (Wildman–Crippen LogP) is 4.61. The van der Waals surface area contributed by atoms with Crippen LogP contribution in [0.1, 0.15) is 30.2 Å². The van der Waals surface area contributed by atoms with Gasteiger partial charge < -0.3 is 5.32 Å². The Kier molecular flexibility index (Phi) is 6.34. The van der Waals surface area contributed by atoms with Gasteiger partial charge in [0.15, 0.2) is 5.16 Å². The Bertz CT molecular complexity index is 1010. The summed E-state index contributed by atoms with van der Waals surface area (Å²) in [5.41, 5.74) is 1.77. The van der Waals surface area contributed by atoms with Gasteiger partial charge in [-0.1, -0.05) is 43.3 Å². The first-order valence-electron chi connectivity index (χ1n) is 8.99. The number of hydrogen-bond acceptors (Lipinski definition) is 5. The van der Waals surface area contributed by atoms with Crippen molar-refractivity contribution in [1.29, 1.82) is 0 Å². The molecule has 142 valence electrons. The number of carbonyl (C=O) groups is 1. The van der Waals surface area contributed by atoms with Crippen molar-refractivity contribution in [1.82, 2.24) is 9.55 Å². The fraction of sp³-hybridized carbons (Fsp3) is 0.350. The number of para-hydroxylation sites is 1. The van der Waals surface area contributed by atoms with Crippen molar-refractivity contribution >= 4 is 44.9 Å². The van der Waals surface area contributed by atoms with Crippen LogP contribution in [-0.4, -0.2) is 21.2 Å². The highest BCUT2D eigenvalue weighted by molar-refractivity contribution is 7.99. The Morgan fingerprint density at radius 2 is 2.00 bits per heavy atom. The second-order valence-corrected chi connectivity index (χ2v) is 8.52. The van der Waals surface area contributed by atoms with Crippen LogP contribution in [0, 0.1) is 13.8 Å². The van der Waals surface area contributed by atoms with Crippen LogP contribution in [0.5, 0.6) is 0 Å². The van der Waals surface area contributed by atoms with Crippen molar-refractivity contribution in [3.8, 4) is 0 Å². The molecule has 2 heterocycles. The number of unbranched alkanes of at least 4 members (excludes halogenated alkanes) is 1. The number of thiophene rings is 1. The molecule has 7 heteroatoms. The second-order valence-electron chi connectivity index (χ2n) is 6.37. The summed E-state index contributed by atoms with van der Waals surface area (Å²) in [5, 5.41) is 4.20. The number of anilines is 1. The topological polar surface area (TPSA) is 64.0 Å². The van der Waals surface area contributed by atoms with Gasteiger partial charge in [-0.05, 0) is 38.0 Å². The maximum Gasteiger partial charge on any atom is 0.263 e. The van der Waals surface area contributed by atoms with E-state index in [4.69, 9.17) is 4.98 Å². The largest absolute Gasteiger partial charge is 0.325 e. The number of rotatable bonds is 7. The van der Waals surface area contributed by atoms with E-state index in [1.807, 2.05) is 44.2 Å². The van der Waals surface area contributed by atoms with Crippen LogP contribution in [-0.2, 0) is 11.3 Å². The number of fused-ring (bicyclic) bond motifs is 1. The molecule has 3 rings (SSSR count). The zero-order chi connectivity index (χ0) is 19.4. The number of benzene rings is 1. The van der Waals surface area contributed by atoms with Crippen LogP contribution >= 0.6 is 23.1 Å². The molecule has 0 aliphatic rings. The number of hydrogen-bond donors (Lipinski definition) is 1. The highest BCUT2D eigenvalue weighted by Crippen LogP contribution is 2.28. The molecule has 0 fully saturated rings. The lowest BCUT2D eigenvalue weighted by Crippen LogP contribution is -2.24. The molecular weight excluding hydrogens is 378 g/mol. The molecule has 0 atom stereocenters. The number of amides is 1. The molecule has 0 unspecified atom stereocenters. The van der Waals surface area contributed by atoms with Crippen molar-refractivity contribution in [2.24, 2.45) is 0 Å². The van der Waals surface area contributed by atoms with E-state index in [0.29, 0.717) is 17.1 Å². The summed E-state index contributed by atoms with van der Waals surface area (Å²) in [6.45, 7) is 6.70. The molecule has 0 saturated carbocycles.